The second-order valence-electron chi connectivity index (χ2n) is 3.78. The predicted octanol–water partition coefficient (Wildman–Crippen LogP) is 1.57. The Labute approximate surface area is 122 Å². The molecule has 6 nitrogen and oxygen atoms in total. The van der Waals surface area contributed by atoms with Gasteiger partial charge >= 0.3 is 0 Å². The van der Waals surface area contributed by atoms with Gasteiger partial charge in [0.2, 0.25) is 17.6 Å². The van der Waals surface area contributed by atoms with Crippen LogP contribution in [0, 0.1) is 0 Å². The molecule has 0 atom stereocenters. The van der Waals surface area contributed by atoms with E-state index >= 15 is 0 Å². The van der Waals surface area contributed by atoms with E-state index in [0.717, 1.165) is 9.35 Å². The van der Waals surface area contributed by atoms with Crippen LogP contribution < -0.4 is 11.1 Å². The Hall–Kier alpha value is -1.25. The molecular weight excluding hydrogens is 332 g/mol. The number of rotatable bonds is 6. The van der Waals surface area contributed by atoms with Gasteiger partial charge in [0.15, 0.2) is 0 Å². The topological polar surface area (TPSA) is 94.0 Å². The number of nitrogens with one attached hydrogen (secondary N) is 1. The van der Waals surface area contributed by atoms with Gasteiger partial charge in [-0.1, -0.05) is 5.16 Å². The van der Waals surface area contributed by atoms with Crippen LogP contribution in [0.4, 0.5) is 0 Å². The van der Waals surface area contributed by atoms with Crippen molar-refractivity contribution in [2.24, 2.45) is 5.73 Å². The third-order valence-electron chi connectivity index (χ3n) is 2.29. The SMILES string of the molecule is NCCNC(=O)CCc1nc(-c2cc(Br)cs2)no1. The van der Waals surface area contributed by atoms with E-state index in [1.807, 2.05) is 11.4 Å². The average Bonchev–Trinajstić information content (AvgIpc) is 3.02. The molecule has 0 bridgehead atoms. The molecule has 0 aromatic carbocycles. The quantitative estimate of drug-likeness (QED) is 0.829. The van der Waals surface area contributed by atoms with Crippen molar-refractivity contribution in [3.63, 3.8) is 0 Å². The van der Waals surface area contributed by atoms with E-state index in [1.54, 1.807) is 0 Å². The Kier molecular flexibility index (Phi) is 5.06. The standard InChI is InChI=1S/C11H13BrN4O2S/c12-7-5-8(19-6-7)11-15-10(18-16-11)2-1-9(17)14-4-3-13/h5-6H,1-4,13H2,(H,14,17). The number of carbonyl (C=O) groups is 1. The van der Waals surface area contributed by atoms with Crippen molar-refractivity contribution >= 4 is 33.2 Å². The highest BCUT2D eigenvalue weighted by Gasteiger charge is 2.11. The highest BCUT2D eigenvalue weighted by molar-refractivity contribution is 9.10. The summed E-state index contributed by atoms with van der Waals surface area (Å²) < 4.78 is 6.09. The van der Waals surface area contributed by atoms with Crippen LogP contribution in [0.1, 0.15) is 12.3 Å². The Balaban J connectivity index is 1.89. The highest BCUT2D eigenvalue weighted by Crippen LogP contribution is 2.27. The number of hydrogen-bond acceptors (Lipinski definition) is 6. The maximum atomic E-state index is 11.4. The molecule has 102 valence electrons. The van der Waals surface area contributed by atoms with E-state index in [0.29, 0.717) is 37.6 Å². The second kappa shape index (κ2) is 6.78. The van der Waals surface area contributed by atoms with Crippen LogP contribution in [0.15, 0.2) is 20.4 Å². The first-order valence-electron chi connectivity index (χ1n) is 5.73. The van der Waals surface area contributed by atoms with E-state index in [1.165, 1.54) is 11.3 Å². The van der Waals surface area contributed by atoms with Gasteiger partial charge in [-0.05, 0) is 22.0 Å². The largest absolute Gasteiger partial charge is 0.355 e. The second-order valence-corrected chi connectivity index (χ2v) is 5.61. The maximum Gasteiger partial charge on any atom is 0.227 e. The van der Waals surface area contributed by atoms with Gasteiger partial charge in [-0.2, -0.15) is 4.98 Å². The molecule has 0 radical (unpaired) electrons. The fraction of sp³-hybridized carbons (Fsp3) is 0.364. The van der Waals surface area contributed by atoms with E-state index in [4.69, 9.17) is 10.3 Å². The zero-order valence-corrected chi connectivity index (χ0v) is 12.5. The van der Waals surface area contributed by atoms with Gasteiger partial charge < -0.3 is 15.6 Å². The first kappa shape index (κ1) is 14.2. The van der Waals surface area contributed by atoms with Gasteiger partial charge in [-0.25, -0.2) is 0 Å². The van der Waals surface area contributed by atoms with Crippen LogP contribution in [-0.2, 0) is 11.2 Å². The van der Waals surface area contributed by atoms with E-state index in [9.17, 15) is 4.79 Å². The third kappa shape index (κ3) is 4.12. The molecule has 0 fully saturated rings. The van der Waals surface area contributed by atoms with E-state index in [2.05, 4.69) is 31.4 Å². The minimum atomic E-state index is -0.0657. The summed E-state index contributed by atoms with van der Waals surface area (Å²) in [6, 6.07) is 1.92. The van der Waals surface area contributed by atoms with Crippen LogP contribution >= 0.6 is 27.3 Å². The van der Waals surface area contributed by atoms with E-state index in [-0.39, 0.29) is 5.91 Å². The normalized spacial score (nSPS) is 10.6. The number of hydrogen-bond donors (Lipinski definition) is 2. The minimum absolute atomic E-state index is 0.0657. The summed E-state index contributed by atoms with van der Waals surface area (Å²) in [6.45, 7) is 0.918. The molecule has 0 aliphatic rings. The van der Waals surface area contributed by atoms with Crippen LogP contribution in [-0.4, -0.2) is 29.1 Å². The zero-order chi connectivity index (χ0) is 13.7. The van der Waals surface area contributed by atoms with Gasteiger partial charge in [-0.15, -0.1) is 11.3 Å². The Morgan fingerprint density at radius 2 is 2.42 bits per heavy atom. The smallest absolute Gasteiger partial charge is 0.227 e. The Bertz CT molecular complexity index is 554. The number of carbonyl (C=O) groups excluding carboxylic acids is 1. The number of thiophene rings is 1. The number of nitrogens with zero attached hydrogens (tertiary/aromatic N) is 2. The van der Waals surface area contributed by atoms with Crippen molar-refractivity contribution in [1.82, 2.24) is 15.5 Å². The van der Waals surface area contributed by atoms with Crippen LogP contribution in [0.2, 0.25) is 0 Å². The van der Waals surface area contributed by atoms with Crippen molar-refractivity contribution in [3.05, 3.63) is 21.8 Å². The summed E-state index contributed by atoms with van der Waals surface area (Å²) in [5.74, 6) is 0.944. The van der Waals surface area contributed by atoms with Crippen molar-refractivity contribution in [2.45, 2.75) is 12.8 Å². The van der Waals surface area contributed by atoms with Crippen LogP contribution in [0.25, 0.3) is 10.7 Å². The van der Waals surface area contributed by atoms with Gasteiger partial charge in [0, 0.05) is 35.8 Å². The van der Waals surface area contributed by atoms with E-state index < -0.39 is 0 Å². The number of aryl methyl sites for hydroxylation is 1. The van der Waals surface area contributed by atoms with Gasteiger partial charge in [-0.3, -0.25) is 4.79 Å². The van der Waals surface area contributed by atoms with Gasteiger partial charge in [0.1, 0.15) is 0 Å². The number of halogens is 1. The number of aromatic nitrogens is 2. The fourth-order valence-corrected chi connectivity index (χ4v) is 2.76. The number of nitrogens with two attached hydrogens (primary N) is 1. The molecule has 19 heavy (non-hydrogen) atoms. The summed E-state index contributed by atoms with van der Waals surface area (Å²) in [4.78, 5) is 16.6. The molecule has 0 saturated carbocycles. The van der Waals surface area contributed by atoms with Crippen LogP contribution in [0.5, 0.6) is 0 Å². The molecular formula is C11H13BrN4O2S. The maximum absolute atomic E-state index is 11.4. The average molecular weight is 345 g/mol. The van der Waals surface area contributed by atoms with Crippen molar-refractivity contribution < 1.29 is 9.32 Å². The molecule has 0 unspecified atom stereocenters. The third-order valence-corrected chi connectivity index (χ3v) is 3.98. The molecule has 1 amide bonds. The highest BCUT2D eigenvalue weighted by atomic mass is 79.9. The van der Waals surface area contributed by atoms with Crippen LogP contribution in [0.3, 0.4) is 0 Å². The summed E-state index contributed by atoms with van der Waals surface area (Å²) in [5, 5.41) is 8.53. The lowest BCUT2D eigenvalue weighted by Gasteiger charge is -2.00. The minimum Gasteiger partial charge on any atom is -0.355 e. The summed E-state index contributed by atoms with van der Waals surface area (Å²) in [6.07, 6.45) is 0.742. The molecule has 2 rings (SSSR count). The molecule has 0 spiro atoms. The molecule has 2 aromatic heterocycles. The van der Waals surface area contributed by atoms with Crippen molar-refractivity contribution in [3.8, 4) is 10.7 Å². The fourth-order valence-electron chi connectivity index (χ4n) is 1.41. The lowest BCUT2D eigenvalue weighted by Crippen LogP contribution is -2.29. The van der Waals surface area contributed by atoms with Gasteiger partial charge in [0.25, 0.3) is 0 Å². The van der Waals surface area contributed by atoms with Gasteiger partial charge in [0.05, 0.1) is 4.88 Å². The lowest BCUT2D eigenvalue weighted by atomic mass is 10.3. The molecule has 0 aliphatic carbocycles. The first-order valence-corrected chi connectivity index (χ1v) is 7.40. The molecule has 0 aliphatic heterocycles. The predicted molar refractivity (Wildman–Crippen MR) is 75.7 cm³/mol. The summed E-state index contributed by atoms with van der Waals surface area (Å²) in [5.41, 5.74) is 5.30. The summed E-state index contributed by atoms with van der Waals surface area (Å²) in [7, 11) is 0. The first-order chi connectivity index (χ1) is 9.19. The number of amides is 1. The molecule has 8 heteroatoms. The molecule has 2 aromatic rings. The monoisotopic (exact) mass is 344 g/mol. The summed E-state index contributed by atoms with van der Waals surface area (Å²) >= 11 is 4.90. The molecule has 3 N–H and O–H groups in total. The van der Waals surface area contributed by atoms with Crippen molar-refractivity contribution in [1.29, 1.82) is 0 Å². The lowest BCUT2D eigenvalue weighted by molar-refractivity contribution is -0.121. The zero-order valence-electron chi connectivity index (χ0n) is 10.1. The Morgan fingerprint density at radius 3 is 3.11 bits per heavy atom. The molecule has 2 heterocycles. The Morgan fingerprint density at radius 1 is 1.58 bits per heavy atom. The molecule has 0 saturated heterocycles. The van der Waals surface area contributed by atoms with Crippen molar-refractivity contribution in [2.75, 3.05) is 13.1 Å².